The van der Waals surface area contributed by atoms with Gasteiger partial charge in [-0.15, -0.1) is 0 Å². The molecule has 0 radical (unpaired) electrons. The molecule has 0 saturated carbocycles. The number of benzene rings is 1. The van der Waals surface area contributed by atoms with Gasteiger partial charge in [0.15, 0.2) is 0 Å². The average molecular weight is 249 g/mol. The van der Waals surface area contributed by atoms with Crippen molar-refractivity contribution in [1.82, 2.24) is 10.7 Å². The molecular weight excluding hydrogens is 234 g/mol. The molecule has 0 unspecified atom stereocenters. The van der Waals surface area contributed by atoms with E-state index in [1.807, 2.05) is 19.1 Å². The molecule has 1 aromatic rings. The predicted octanol–water partition coefficient (Wildman–Crippen LogP) is 0.281. The second-order valence-corrected chi connectivity index (χ2v) is 3.28. The van der Waals surface area contributed by atoms with E-state index < -0.39 is 11.8 Å². The van der Waals surface area contributed by atoms with Crippen molar-refractivity contribution in [3.8, 4) is 5.75 Å². The Hall–Kier alpha value is -2.37. The van der Waals surface area contributed by atoms with Crippen LogP contribution in [0.5, 0.6) is 5.75 Å². The first-order valence-electron chi connectivity index (χ1n) is 5.45. The smallest absolute Gasteiger partial charge is 0.329 e. The zero-order valence-electron chi connectivity index (χ0n) is 10.3. The lowest BCUT2D eigenvalue weighted by Gasteiger charge is -2.02. The summed E-state index contributed by atoms with van der Waals surface area (Å²) in [6.07, 6.45) is 1.43. The number of nitrogens with zero attached hydrogens (tertiary/aromatic N) is 1. The van der Waals surface area contributed by atoms with Crippen LogP contribution in [0.25, 0.3) is 0 Å². The van der Waals surface area contributed by atoms with Gasteiger partial charge < -0.3 is 10.1 Å². The molecular formula is C12H15N3O3. The molecule has 96 valence electrons. The number of carbonyl (C=O) groups excluding carboxylic acids is 2. The Labute approximate surface area is 105 Å². The Balaban J connectivity index is 2.59. The molecule has 0 aliphatic rings. The SMILES string of the molecule is CCOc1cccc(/C=N\NC(=O)C(=O)NC)c1. The Morgan fingerprint density at radius 2 is 2.17 bits per heavy atom. The Morgan fingerprint density at radius 3 is 2.83 bits per heavy atom. The van der Waals surface area contributed by atoms with Crippen LogP contribution < -0.4 is 15.5 Å². The molecule has 1 aromatic carbocycles. The van der Waals surface area contributed by atoms with E-state index in [1.54, 1.807) is 12.1 Å². The highest BCUT2D eigenvalue weighted by Crippen LogP contribution is 2.11. The van der Waals surface area contributed by atoms with E-state index in [0.717, 1.165) is 11.3 Å². The number of carbonyl (C=O) groups is 2. The molecule has 6 heteroatoms. The fourth-order valence-electron chi connectivity index (χ4n) is 1.18. The molecule has 0 aliphatic carbocycles. The summed E-state index contributed by atoms with van der Waals surface area (Å²) in [5, 5.41) is 5.87. The van der Waals surface area contributed by atoms with Gasteiger partial charge in [0.1, 0.15) is 5.75 Å². The van der Waals surface area contributed by atoms with Crippen molar-refractivity contribution < 1.29 is 14.3 Å². The summed E-state index contributed by atoms with van der Waals surface area (Å²) in [6, 6.07) is 7.22. The lowest BCUT2D eigenvalue weighted by molar-refractivity contribution is -0.138. The zero-order chi connectivity index (χ0) is 13.4. The molecule has 18 heavy (non-hydrogen) atoms. The average Bonchev–Trinajstić information content (AvgIpc) is 2.38. The summed E-state index contributed by atoms with van der Waals surface area (Å²) in [5.74, 6) is -0.830. The third-order valence-electron chi connectivity index (χ3n) is 1.98. The monoisotopic (exact) mass is 249 g/mol. The minimum atomic E-state index is -0.810. The highest BCUT2D eigenvalue weighted by atomic mass is 16.5. The van der Waals surface area contributed by atoms with Gasteiger partial charge in [-0.1, -0.05) is 12.1 Å². The van der Waals surface area contributed by atoms with Crippen molar-refractivity contribution in [2.24, 2.45) is 5.10 Å². The third-order valence-corrected chi connectivity index (χ3v) is 1.98. The van der Waals surface area contributed by atoms with Gasteiger partial charge in [0.25, 0.3) is 0 Å². The minimum absolute atomic E-state index is 0.577. The summed E-state index contributed by atoms with van der Waals surface area (Å²) >= 11 is 0. The molecule has 0 saturated heterocycles. The van der Waals surface area contributed by atoms with Gasteiger partial charge in [-0.05, 0) is 24.6 Å². The van der Waals surface area contributed by atoms with E-state index in [2.05, 4.69) is 15.8 Å². The van der Waals surface area contributed by atoms with Gasteiger partial charge in [0.05, 0.1) is 12.8 Å². The second kappa shape index (κ2) is 7.05. The lowest BCUT2D eigenvalue weighted by Crippen LogP contribution is -2.35. The maximum absolute atomic E-state index is 11.1. The van der Waals surface area contributed by atoms with Crippen molar-refractivity contribution in [2.45, 2.75) is 6.92 Å². The maximum Gasteiger partial charge on any atom is 0.329 e. The number of ether oxygens (including phenoxy) is 1. The highest BCUT2D eigenvalue weighted by Gasteiger charge is 2.08. The first kappa shape index (κ1) is 13.7. The van der Waals surface area contributed by atoms with Crippen LogP contribution in [0, 0.1) is 0 Å². The number of rotatable bonds is 4. The first-order valence-corrected chi connectivity index (χ1v) is 5.45. The summed E-state index contributed by atoms with van der Waals surface area (Å²) in [4.78, 5) is 21.9. The number of likely N-dealkylation sites (N-methyl/N-ethyl adjacent to an activating group) is 1. The minimum Gasteiger partial charge on any atom is -0.494 e. The molecule has 2 amide bonds. The van der Waals surface area contributed by atoms with Gasteiger partial charge in [0.2, 0.25) is 0 Å². The highest BCUT2D eigenvalue weighted by molar-refractivity contribution is 6.34. The molecule has 0 heterocycles. The lowest BCUT2D eigenvalue weighted by atomic mass is 10.2. The second-order valence-electron chi connectivity index (χ2n) is 3.28. The Kier molecular flexibility index (Phi) is 5.37. The molecule has 0 atom stereocenters. The van der Waals surface area contributed by atoms with Gasteiger partial charge in [-0.25, -0.2) is 5.43 Å². The van der Waals surface area contributed by atoms with Crippen LogP contribution in [-0.4, -0.2) is 31.7 Å². The molecule has 1 rings (SSSR count). The molecule has 0 fully saturated rings. The number of nitrogens with one attached hydrogen (secondary N) is 2. The quantitative estimate of drug-likeness (QED) is 0.457. The fraction of sp³-hybridized carbons (Fsp3) is 0.250. The summed E-state index contributed by atoms with van der Waals surface area (Å²) < 4.78 is 5.32. The van der Waals surface area contributed by atoms with Crippen molar-refractivity contribution in [3.05, 3.63) is 29.8 Å². The summed E-state index contributed by atoms with van der Waals surface area (Å²) in [7, 11) is 1.37. The molecule has 0 aliphatic heterocycles. The normalized spacial score (nSPS) is 10.1. The van der Waals surface area contributed by atoms with E-state index in [9.17, 15) is 9.59 Å². The van der Waals surface area contributed by atoms with Gasteiger partial charge in [-0.2, -0.15) is 5.10 Å². The summed E-state index contributed by atoms with van der Waals surface area (Å²) in [6.45, 7) is 2.47. The third kappa shape index (κ3) is 4.25. The van der Waals surface area contributed by atoms with E-state index in [-0.39, 0.29) is 0 Å². The van der Waals surface area contributed by atoms with Crippen LogP contribution >= 0.6 is 0 Å². The largest absolute Gasteiger partial charge is 0.494 e. The van der Waals surface area contributed by atoms with Crippen LogP contribution in [0.1, 0.15) is 12.5 Å². The fourth-order valence-corrected chi connectivity index (χ4v) is 1.18. The predicted molar refractivity (Wildman–Crippen MR) is 67.4 cm³/mol. The van der Waals surface area contributed by atoms with Crippen LogP contribution in [0.4, 0.5) is 0 Å². The van der Waals surface area contributed by atoms with Crippen molar-refractivity contribution >= 4 is 18.0 Å². The van der Waals surface area contributed by atoms with Crippen molar-refractivity contribution in [3.63, 3.8) is 0 Å². The molecule has 6 nitrogen and oxygen atoms in total. The molecule has 0 bridgehead atoms. The Morgan fingerprint density at radius 1 is 1.39 bits per heavy atom. The van der Waals surface area contributed by atoms with Crippen LogP contribution in [0.15, 0.2) is 29.4 Å². The van der Waals surface area contributed by atoms with E-state index >= 15 is 0 Å². The number of amides is 2. The maximum atomic E-state index is 11.1. The van der Waals surface area contributed by atoms with Crippen molar-refractivity contribution in [1.29, 1.82) is 0 Å². The van der Waals surface area contributed by atoms with Crippen molar-refractivity contribution in [2.75, 3.05) is 13.7 Å². The molecule has 0 spiro atoms. The van der Waals surface area contributed by atoms with Crippen LogP contribution in [0.3, 0.4) is 0 Å². The van der Waals surface area contributed by atoms with E-state index in [1.165, 1.54) is 13.3 Å². The standard InChI is InChI=1S/C12H15N3O3/c1-3-18-10-6-4-5-9(7-10)8-14-15-12(17)11(16)13-2/h4-8H,3H2,1-2H3,(H,13,16)(H,15,17)/b14-8-. The molecule has 0 aromatic heterocycles. The Bertz CT molecular complexity index is 458. The summed E-state index contributed by atoms with van der Waals surface area (Å²) in [5.41, 5.74) is 2.87. The van der Waals surface area contributed by atoms with Gasteiger partial charge in [0, 0.05) is 7.05 Å². The van der Waals surface area contributed by atoms with Gasteiger partial charge >= 0.3 is 11.8 Å². The topological polar surface area (TPSA) is 79.8 Å². The zero-order valence-corrected chi connectivity index (χ0v) is 10.3. The van der Waals surface area contributed by atoms with Crippen LogP contribution in [0.2, 0.25) is 0 Å². The van der Waals surface area contributed by atoms with Crippen LogP contribution in [-0.2, 0) is 9.59 Å². The molecule has 2 N–H and O–H groups in total. The number of hydrogen-bond donors (Lipinski definition) is 2. The van der Waals surface area contributed by atoms with E-state index in [4.69, 9.17) is 4.74 Å². The van der Waals surface area contributed by atoms with Gasteiger partial charge in [-0.3, -0.25) is 9.59 Å². The van der Waals surface area contributed by atoms with E-state index in [0.29, 0.717) is 6.61 Å². The number of hydrazone groups is 1. The number of hydrogen-bond acceptors (Lipinski definition) is 4. The first-order chi connectivity index (χ1) is 8.67.